The van der Waals surface area contributed by atoms with Gasteiger partial charge in [0.1, 0.15) is 0 Å². The van der Waals surface area contributed by atoms with Crippen LogP contribution in [0.4, 0.5) is 17.6 Å². The molecule has 82 valence electrons. The second-order valence-corrected chi connectivity index (χ2v) is 2.94. The number of ether oxygens (including phenoxy) is 1. The summed E-state index contributed by atoms with van der Waals surface area (Å²) in [7, 11) is 0.959. The number of halogens is 4. The van der Waals surface area contributed by atoms with Crippen molar-refractivity contribution in [3.8, 4) is 5.75 Å². The van der Waals surface area contributed by atoms with Crippen LogP contribution in [0.2, 0.25) is 0 Å². The van der Waals surface area contributed by atoms with E-state index in [1.165, 1.54) is 6.92 Å². The van der Waals surface area contributed by atoms with Crippen LogP contribution in [0, 0.1) is 23.3 Å². The van der Waals surface area contributed by atoms with Gasteiger partial charge in [0.25, 0.3) is 0 Å². The lowest BCUT2D eigenvalue weighted by Crippen LogP contribution is -2.05. The zero-order valence-electron chi connectivity index (χ0n) is 8.13. The molecule has 1 aromatic rings. The Labute approximate surface area is 84.0 Å². The molecule has 0 bridgehead atoms. The van der Waals surface area contributed by atoms with E-state index >= 15 is 0 Å². The van der Waals surface area contributed by atoms with E-state index in [1.54, 1.807) is 0 Å². The average molecular weight is 220 g/mol. The van der Waals surface area contributed by atoms with E-state index in [0.29, 0.717) is 0 Å². The topological polar surface area (TPSA) is 9.23 Å². The number of benzene rings is 1. The predicted octanol–water partition coefficient (Wildman–Crippen LogP) is 3.28. The van der Waals surface area contributed by atoms with Crippen LogP contribution in [0.15, 0.2) is 6.58 Å². The number of rotatable bonds is 2. The summed E-state index contributed by atoms with van der Waals surface area (Å²) in [4.78, 5) is 0. The molecule has 1 rings (SSSR count). The molecule has 1 nitrogen and oxygen atoms in total. The minimum Gasteiger partial charge on any atom is -0.491 e. The van der Waals surface area contributed by atoms with Crippen LogP contribution in [0.25, 0.3) is 5.57 Å². The standard InChI is InChI=1S/C10H8F4O/c1-4(2)5-6(11)8(13)9(14)10(15-3)7(5)12/h1H2,2-3H3. The Balaban J connectivity index is 3.68. The van der Waals surface area contributed by atoms with Gasteiger partial charge in [0, 0.05) is 0 Å². The minimum absolute atomic E-state index is 0.0535. The summed E-state index contributed by atoms with van der Waals surface area (Å²) in [6, 6.07) is 0. The lowest BCUT2D eigenvalue weighted by Gasteiger charge is -2.10. The third-order valence-electron chi connectivity index (χ3n) is 1.85. The van der Waals surface area contributed by atoms with Gasteiger partial charge in [0.05, 0.1) is 12.7 Å². The van der Waals surface area contributed by atoms with Gasteiger partial charge < -0.3 is 4.74 Å². The summed E-state index contributed by atoms with van der Waals surface area (Å²) < 4.78 is 56.7. The molecule has 0 aliphatic rings. The average Bonchev–Trinajstić information content (AvgIpc) is 2.15. The van der Waals surface area contributed by atoms with Gasteiger partial charge >= 0.3 is 0 Å². The molecule has 0 saturated carbocycles. The van der Waals surface area contributed by atoms with Crippen molar-refractivity contribution in [2.75, 3.05) is 7.11 Å². The smallest absolute Gasteiger partial charge is 0.206 e. The Morgan fingerprint density at radius 1 is 1.00 bits per heavy atom. The largest absolute Gasteiger partial charge is 0.491 e. The highest BCUT2D eigenvalue weighted by Crippen LogP contribution is 2.32. The van der Waals surface area contributed by atoms with Crippen LogP contribution in [0.3, 0.4) is 0 Å². The van der Waals surface area contributed by atoms with Crippen molar-refractivity contribution in [1.82, 2.24) is 0 Å². The molecule has 0 atom stereocenters. The SMILES string of the molecule is C=C(C)c1c(F)c(F)c(F)c(OC)c1F. The van der Waals surface area contributed by atoms with Crippen molar-refractivity contribution in [1.29, 1.82) is 0 Å². The molecular formula is C10H8F4O. The number of hydrogen-bond acceptors (Lipinski definition) is 1. The van der Waals surface area contributed by atoms with Gasteiger partial charge in [-0.3, -0.25) is 0 Å². The fourth-order valence-electron chi connectivity index (χ4n) is 1.17. The van der Waals surface area contributed by atoms with Crippen molar-refractivity contribution >= 4 is 5.57 Å². The second kappa shape index (κ2) is 3.92. The Bertz CT molecular complexity index is 426. The first-order valence-electron chi connectivity index (χ1n) is 3.97. The fraction of sp³-hybridized carbons (Fsp3) is 0.200. The molecule has 0 aromatic heterocycles. The molecule has 0 saturated heterocycles. The zero-order valence-corrected chi connectivity index (χ0v) is 8.13. The van der Waals surface area contributed by atoms with Crippen LogP contribution in [0.1, 0.15) is 12.5 Å². The highest BCUT2D eigenvalue weighted by atomic mass is 19.2. The highest BCUT2D eigenvalue weighted by molar-refractivity contribution is 5.64. The van der Waals surface area contributed by atoms with Crippen LogP contribution < -0.4 is 4.74 Å². The van der Waals surface area contributed by atoms with Crippen LogP contribution in [-0.4, -0.2) is 7.11 Å². The summed E-state index contributed by atoms with van der Waals surface area (Å²) in [5.41, 5.74) is -0.757. The Morgan fingerprint density at radius 3 is 1.93 bits per heavy atom. The molecule has 0 amide bonds. The molecule has 0 spiro atoms. The zero-order chi connectivity index (χ0) is 11.7. The summed E-state index contributed by atoms with van der Waals surface area (Å²) in [6.07, 6.45) is 0. The summed E-state index contributed by atoms with van der Waals surface area (Å²) in [5.74, 6) is -7.30. The maximum atomic E-state index is 13.4. The normalized spacial score (nSPS) is 10.3. The van der Waals surface area contributed by atoms with E-state index in [1.807, 2.05) is 0 Å². The Morgan fingerprint density at radius 2 is 1.53 bits per heavy atom. The third kappa shape index (κ3) is 1.69. The van der Waals surface area contributed by atoms with Crippen molar-refractivity contribution in [2.24, 2.45) is 0 Å². The van der Waals surface area contributed by atoms with Gasteiger partial charge in [-0.25, -0.2) is 13.2 Å². The second-order valence-electron chi connectivity index (χ2n) is 2.94. The van der Waals surface area contributed by atoms with Crippen molar-refractivity contribution < 1.29 is 22.3 Å². The Hall–Kier alpha value is -1.52. The van der Waals surface area contributed by atoms with Gasteiger partial charge in [-0.05, 0) is 12.5 Å². The summed E-state index contributed by atoms with van der Waals surface area (Å²) in [6.45, 7) is 4.54. The maximum absolute atomic E-state index is 13.4. The first-order valence-corrected chi connectivity index (χ1v) is 3.97. The highest BCUT2D eigenvalue weighted by Gasteiger charge is 2.26. The van der Waals surface area contributed by atoms with Gasteiger partial charge in [-0.2, -0.15) is 4.39 Å². The lowest BCUT2D eigenvalue weighted by atomic mass is 10.1. The van der Waals surface area contributed by atoms with Crippen molar-refractivity contribution in [3.63, 3.8) is 0 Å². The number of hydrogen-bond donors (Lipinski definition) is 0. The van der Waals surface area contributed by atoms with E-state index in [2.05, 4.69) is 11.3 Å². The molecule has 0 heterocycles. The van der Waals surface area contributed by atoms with Crippen LogP contribution in [-0.2, 0) is 0 Å². The molecule has 1 aromatic carbocycles. The third-order valence-corrected chi connectivity index (χ3v) is 1.85. The predicted molar refractivity (Wildman–Crippen MR) is 47.5 cm³/mol. The molecule has 5 heteroatoms. The minimum atomic E-state index is -1.77. The Kier molecular flexibility index (Phi) is 3.02. The molecule has 0 aliphatic carbocycles. The fourth-order valence-corrected chi connectivity index (χ4v) is 1.17. The van der Waals surface area contributed by atoms with E-state index in [9.17, 15) is 17.6 Å². The van der Waals surface area contributed by atoms with Crippen molar-refractivity contribution in [2.45, 2.75) is 6.92 Å². The first-order chi connectivity index (χ1) is 6.91. The van der Waals surface area contributed by atoms with Gasteiger partial charge in [-0.15, -0.1) is 0 Å². The maximum Gasteiger partial charge on any atom is 0.206 e. The van der Waals surface area contributed by atoms with Gasteiger partial charge in [-0.1, -0.05) is 6.58 Å². The quantitative estimate of drug-likeness (QED) is 0.422. The summed E-state index contributed by atoms with van der Waals surface area (Å²) >= 11 is 0. The van der Waals surface area contributed by atoms with E-state index in [0.717, 1.165) is 7.11 Å². The molecule has 0 aliphatic heterocycles. The number of methoxy groups -OCH3 is 1. The molecule has 0 N–H and O–H groups in total. The van der Waals surface area contributed by atoms with E-state index in [4.69, 9.17) is 0 Å². The first kappa shape index (κ1) is 11.6. The molecule has 0 radical (unpaired) electrons. The molecule has 0 unspecified atom stereocenters. The monoisotopic (exact) mass is 220 g/mol. The lowest BCUT2D eigenvalue weighted by molar-refractivity contribution is 0.334. The van der Waals surface area contributed by atoms with Gasteiger partial charge in [0.15, 0.2) is 23.2 Å². The van der Waals surface area contributed by atoms with Crippen molar-refractivity contribution in [3.05, 3.63) is 35.4 Å². The van der Waals surface area contributed by atoms with E-state index in [-0.39, 0.29) is 5.57 Å². The molecule has 15 heavy (non-hydrogen) atoms. The van der Waals surface area contributed by atoms with E-state index < -0.39 is 34.6 Å². The van der Waals surface area contributed by atoms with Crippen LogP contribution >= 0.6 is 0 Å². The number of allylic oxidation sites excluding steroid dienone is 1. The van der Waals surface area contributed by atoms with Gasteiger partial charge in [0.2, 0.25) is 5.82 Å². The van der Waals surface area contributed by atoms with Crippen LogP contribution in [0.5, 0.6) is 5.75 Å². The molecule has 0 fully saturated rings. The summed E-state index contributed by atoms with van der Waals surface area (Å²) in [5, 5.41) is 0. The molecular weight excluding hydrogens is 212 g/mol.